The van der Waals surface area contributed by atoms with E-state index in [9.17, 15) is 19.1 Å². The number of fused-ring (bicyclic) bond motifs is 1. The van der Waals surface area contributed by atoms with Crippen LogP contribution in [0.1, 0.15) is 17.3 Å². The second kappa shape index (κ2) is 6.11. The molecule has 7 nitrogen and oxygen atoms in total. The summed E-state index contributed by atoms with van der Waals surface area (Å²) in [4.78, 5) is 31.5. The van der Waals surface area contributed by atoms with Crippen molar-refractivity contribution in [2.24, 2.45) is 5.92 Å². The van der Waals surface area contributed by atoms with Gasteiger partial charge >= 0.3 is 5.97 Å². The number of carboxylic acids is 1. The smallest absolute Gasteiger partial charge is 0.316 e. The highest BCUT2D eigenvalue weighted by atomic mass is 19.1. The molecule has 1 saturated heterocycles. The normalized spacial score (nSPS) is 21.3. The summed E-state index contributed by atoms with van der Waals surface area (Å²) in [7, 11) is 0. The van der Waals surface area contributed by atoms with E-state index >= 15 is 0 Å². The summed E-state index contributed by atoms with van der Waals surface area (Å²) in [5.74, 6) is -2.91. The van der Waals surface area contributed by atoms with E-state index in [0.29, 0.717) is 25.5 Å². The van der Waals surface area contributed by atoms with E-state index in [2.05, 4.69) is 10.3 Å². The molecule has 3 rings (SSSR count). The van der Waals surface area contributed by atoms with Crippen LogP contribution in [0.2, 0.25) is 0 Å². The predicted molar refractivity (Wildman–Crippen MR) is 82.6 cm³/mol. The summed E-state index contributed by atoms with van der Waals surface area (Å²) in [6.45, 7) is 5.20. The van der Waals surface area contributed by atoms with E-state index < -0.39 is 23.5 Å². The number of anilines is 2. The van der Waals surface area contributed by atoms with Crippen LogP contribution in [-0.4, -0.2) is 61.1 Å². The van der Waals surface area contributed by atoms with Gasteiger partial charge in [0, 0.05) is 39.3 Å². The highest BCUT2D eigenvalue weighted by molar-refractivity contribution is 6.12. The van der Waals surface area contributed by atoms with Gasteiger partial charge in [0.2, 0.25) is 0 Å². The number of rotatable bonds is 3. The number of aliphatic carboxylic acids is 1. The van der Waals surface area contributed by atoms with Crippen LogP contribution in [0, 0.1) is 11.7 Å². The number of piperazine rings is 1. The summed E-state index contributed by atoms with van der Waals surface area (Å²) in [5, 5.41) is 12.4. The highest BCUT2D eigenvalue weighted by Crippen LogP contribution is 2.32. The van der Waals surface area contributed by atoms with Gasteiger partial charge in [-0.25, -0.2) is 9.37 Å². The first kappa shape index (κ1) is 15.7. The number of carboxylic acid groups (broad SMARTS) is 1. The molecule has 2 aliphatic heterocycles. The Kier molecular flexibility index (Phi) is 4.16. The van der Waals surface area contributed by atoms with Crippen molar-refractivity contribution in [3.63, 3.8) is 0 Å². The quantitative estimate of drug-likeness (QED) is 0.777. The molecule has 1 atom stereocenters. The highest BCUT2D eigenvalue weighted by Gasteiger charge is 2.38. The zero-order chi connectivity index (χ0) is 16.6. The second-order valence-corrected chi connectivity index (χ2v) is 5.70. The van der Waals surface area contributed by atoms with Crippen molar-refractivity contribution in [3.8, 4) is 0 Å². The number of hydrogen-bond donors (Lipinski definition) is 2. The standard InChI is InChI=1S/C15H19FN4O3/c1-2-19-8-10(15(22)23)12(21)9-7-11(16)14(18-13(9)19)20-5-3-17-4-6-20/h7,10,17H,2-6,8H2,1H3,(H,22,23). The van der Waals surface area contributed by atoms with Crippen molar-refractivity contribution in [3.05, 3.63) is 17.4 Å². The third kappa shape index (κ3) is 2.74. The molecule has 1 unspecified atom stereocenters. The Morgan fingerprint density at radius 1 is 1.43 bits per heavy atom. The maximum atomic E-state index is 14.5. The van der Waals surface area contributed by atoms with Crippen LogP contribution in [0.15, 0.2) is 6.07 Å². The van der Waals surface area contributed by atoms with E-state index in [1.165, 1.54) is 0 Å². The molecule has 8 heteroatoms. The minimum atomic E-state index is -1.19. The van der Waals surface area contributed by atoms with Crippen LogP contribution in [0.25, 0.3) is 0 Å². The van der Waals surface area contributed by atoms with Crippen molar-refractivity contribution in [2.75, 3.05) is 49.1 Å². The first-order valence-electron chi connectivity index (χ1n) is 7.71. The average Bonchev–Trinajstić information content (AvgIpc) is 2.55. The molecule has 0 radical (unpaired) electrons. The van der Waals surface area contributed by atoms with E-state index in [-0.39, 0.29) is 17.9 Å². The number of nitrogens with zero attached hydrogens (tertiary/aromatic N) is 3. The molecular formula is C15H19FN4O3. The topological polar surface area (TPSA) is 85.8 Å². The number of aromatic nitrogens is 1. The van der Waals surface area contributed by atoms with Crippen molar-refractivity contribution >= 4 is 23.4 Å². The van der Waals surface area contributed by atoms with Gasteiger partial charge in [-0.05, 0) is 13.0 Å². The number of carbonyl (C=O) groups excluding carboxylic acids is 1. The molecular weight excluding hydrogens is 303 g/mol. The predicted octanol–water partition coefficient (Wildman–Crippen LogP) is 0.354. The van der Waals surface area contributed by atoms with Crippen LogP contribution in [0.4, 0.5) is 16.0 Å². The third-order valence-corrected chi connectivity index (χ3v) is 4.32. The molecule has 0 bridgehead atoms. The molecule has 2 aliphatic rings. The molecule has 2 N–H and O–H groups in total. The summed E-state index contributed by atoms with van der Waals surface area (Å²) >= 11 is 0. The van der Waals surface area contributed by atoms with Crippen molar-refractivity contribution < 1.29 is 19.1 Å². The van der Waals surface area contributed by atoms with Gasteiger partial charge < -0.3 is 20.2 Å². The summed E-state index contributed by atoms with van der Waals surface area (Å²) in [6.07, 6.45) is 0. The van der Waals surface area contributed by atoms with Crippen LogP contribution in [0.5, 0.6) is 0 Å². The minimum Gasteiger partial charge on any atom is -0.481 e. The molecule has 0 aromatic carbocycles. The molecule has 1 fully saturated rings. The first-order chi connectivity index (χ1) is 11.0. The monoisotopic (exact) mass is 322 g/mol. The number of hydrogen-bond acceptors (Lipinski definition) is 6. The lowest BCUT2D eigenvalue weighted by molar-refractivity contribution is -0.139. The molecule has 0 spiro atoms. The van der Waals surface area contributed by atoms with Gasteiger partial charge in [-0.1, -0.05) is 0 Å². The van der Waals surface area contributed by atoms with Crippen LogP contribution in [0.3, 0.4) is 0 Å². The minimum absolute atomic E-state index is 0.0573. The van der Waals surface area contributed by atoms with E-state index in [4.69, 9.17) is 0 Å². The lowest BCUT2D eigenvalue weighted by Gasteiger charge is -2.34. The van der Waals surface area contributed by atoms with Crippen molar-refractivity contribution in [1.29, 1.82) is 0 Å². The molecule has 3 heterocycles. The average molecular weight is 322 g/mol. The number of pyridine rings is 1. The molecule has 1 aromatic heterocycles. The van der Waals surface area contributed by atoms with E-state index in [0.717, 1.165) is 19.2 Å². The van der Waals surface area contributed by atoms with E-state index in [1.807, 2.05) is 11.8 Å². The maximum Gasteiger partial charge on any atom is 0.316 e. The van der Waals surface area contributed by atoms with Crippen LogP contribution in [-0.2, 0) is 4.79 Å². The van der Waals surface area contributed by atoms with Crippen molar-refractivity contribution in [2.45, 2.75) is 6.92 Å². The van der Waals surface area contributed by atoms with E-state index in [1.54, 1.807) is 4.90 Å². The molecule has 124 valence electrons. The lowest BCUT2D eigenvalue weighted by Crippen LogP contribution is -2.46. The fraction of sp³-hybridized carbons (Fsp3) is 0.533. The number of Topliss-reactive ketones (excluding diaryl/α,β-unsaturated/α-hetero) is 1. The summed E-state index contributed by atoms with van der Waals surface area (Å²) in [5.41, 5.74) is 0.0573. The molecule has 0 saturated carbocycles. The number of carbonyl (C=O) groups is 2. The van der Waals surface area contributed by atoms with Crippen LogP contribution >= 0.6 is 0 Å². The Balaban J connectivity index is 2.04. The van der Waals surface area contributed by atoms with Gasteiger partial charge in [0.1, 0.15) is 11.7 Å². The summed E-state index contributed by atoms with van der Waals surface area (Å²) in [6, 6.07) is 1.14. The lowest BCUT2D eigenvalue weighted by atomic mass is 9.93. The molecule has 0 amide bonds. The zero-order valence-electron chi connectivity index (χ0n) is 12.9. The third-order valence-electron chi connectivity index (χ3n) is 4.32. The van der Waals surface area contributed by atoms with Gasteiger partial charge in [-0.2, -0.15) is 0 Å². The van der Waals surface area contributed by atoms with Crippen molar-refractivity contribution in [1.82, 2.24) is 10.3 Å². The number of halogens is 1. The first-order valence-corrected chi connectivity index (χ1v) is 7.71. The van der Waals surface area contributed by atoms with Gasteiger partial charge in [-0.15, -0.1) is 0 Å². The van der Waals surface area contributed by atoms with Gasteiger partial charge in [0.15, 0.2) is 17.4 Å². The SMILES string of the molecule is CCN1CC(C(=O)O)C(=O)c2cc(F)c(N3CCNCC3)nc21. The summed E-state index contributed by atoms with van der Waals surface area (Å²) < 4.78 is 14.5. The Bertz CT molecular complexity index is 646. The Hall–Kier alpha value is -2.22. The second-order valence-electron chi connectivity index (χ2n) is 5.70. The Morgan fingerprint density at radius 2 is 2.13 bits per heavy atom. The largest absolute Gasteiger partial charge is 0.481 e. The maximum absolute atomic E-state index is 14.5. The number of ketones is 1. The fourth-order valence-corrected chi connectivity index (χ4v) is 3.04. The van der Waals surface area contributed by atoms with Gasteiger partial charge in [0.05, 0.1) is 5.56 Å². The van der Waals surface area contributed by atoms with Gasteiger partial charge in [0.25, 0.3) is 0 Å². The number of nitrogens with one attached hydrogen (secondary N) is 1. The Morgan fingerprint density at radius 3 is 2.74 bits per heavy atom. The fourth-order valence-electron chi connectivity index (χ4n) is 3.04. The Labute approximate surface area is 133 Å². The molecule has 0 aliphatic carbocycles. The van der Waals surface area contributed by atoms with Crippen LogP contribution < -0.4 is 15.1 Å². The zero-order valence-corrected chi connectivity index (χ0v) is 12.9. The molecule has 1 aromatic rings. The molecule has 23 heavy (non-hydrogen) atoms. The van der Waals surface area contributed by atoms with Gasteiger partial charge in [-0.3, -0.25) is 9.59 Å².